The summed E-state index contributed by atoms with van der Waals surface area (Å²) < 4.78 is 18.6. The van der Waals surface area contributed by atoms with Crippen molar-refractivity contribution < 1.29 is 13.7 Å². The number of benzene rings is 2. The second-order valence-corrected chi connectivity index (χ2v) is 7.98. The van der Waals surface area contributed by atoms with Crippen molar-refractivity contribution in [3.63, 3.8) is 0 Å². The van der Waals surface area contributed by atoms with E-state index in [4.69, 9.17) is 4.52 Å². The molecule has 0 spiro atoms. The van der Waals surface area contributed by atoms with Crippen molar-refractivity contribution in [2.75, 3.05) is 13.1 Å². The SMILES string of the molecule is O=C(N1CCC(c2nc(-c3ccc(F)cc3)no2)CC1)C1(c2ccccc2)CC1. The summed E-state index contributed by atoms with van der Waals surface area (Å²) in [7, 11) is 0. The number of nitrogens with zero attached hydrogens (tertiary/aromatic N) is 3. The Hall–Kier alpha value is -3.02. The van der Waals surface area contributed by atoms with Gasteiger partial charge >= 0.3 is 0 Å². The van der Waals surface area contributed by atoms with Crippen molar-refractivity contribution in [1.82, 2.24) is 15.0 Å². The average Bonchev–Trinajstić information content (AvgIpc) is 3.44. The Balaban J connectivity index is 1.24. The zero-order chi connectivity index (χ0) is 19.8. The molecule has 1 saturated carbocycles. The first-order valence-corrected chi connectivity index (χ1v) is 10.1. The molecule has 2 heterocycles. The Labute approximate surface area is 168 Å². The first kappa shape index (κ1) is 18.0. The van der Waals surface area contributed by atoms with E-state index in [2.05, 4.69) is 22.3 Å². The minimum absolute atomic E-state index is 0.146. The van der Waals surface area contributed by atoms with Gasteiger partial charge < -0.3 is 9.42 Å². The molecular formula is C23H22FN3O2. The number of hydrogen-bond acceptors (Lipinski definition) is 4. The van der Waals surface area contributed by atoms with Crippen LogP contribution in [0.15, 0.2) is 59.1 Å². The average molecular weight is 391 g/mol. The van der Waals surface area contributed by atoms with Crippen LogP contribution in [0.5, 0.6) is 0 Å². The van der Waals surface area contributed by atoms with Gasteiger partial charge in [0.2, 0.25) is 17.6 Å². The predicted octanol–water partition coefficient (Wildman–Crippen LogP) is 4.31. The molecule has 29 heavy (non-hydrogen) atoms. The zero-order valence-electron chi connectivity index (χ0n) is 16.1. The lowest BCUT2D eigenvalue weighted by Crippen LogP contribution is -2.43. The lowest BCUT2D eigenvalue weighted by atomic mass is 9.91. The van der Waals surface area contributed by atoms with Gasteiger partial charge in [-0.05, 0) is 55.5 Å². The van der Waals surface area contributed by atoms with Crippen LogP contribution < -0.4 is 0 Å². The van der Waals surface area contributed by atoms with Gasteiger partial charge in [0, 0.05) is 24.6 Å². The van der Waals surface area contributed by atoms with Crippen molar-refractivity contribution in [2.24, 2.45) is 0 Å². The van der Waals surface area contributed by atoms with E-state index in [-0.39, 0.29) is 23.1 Å². The molecule has 0 atom stereocenters. The Morgan fingerprint density at radius 3 is 2.38 bits per heavy atom. The lowest BCUT2D eigenvalue weighted by molar-refractivity contribution is -0.135. The lowest BCUT2D eigenvalue weighted by Gasteiger charge is -2.33. The molecule has 2 fully saturated rings. The van der Waals surface area contributed by atoms with E-state index in [0.717, 1.165) is 36.8 Å². The van der Waals surface area contributed by atoms with E-state index in [9.17, 15) is 9.18 Å². The molecule has 1 aliphatic carbocycles. The summed E-state index contributed by atoms with van der Waals surface area (Å²) in [6, 6.07) is 16.2. The first-order valence-electron chi connectivity index (χ1n) is 10.1. The molecule has 5 rings (SSSR count). The molecule has 1 aliphatic heterocycles. The minimum atomic E-state index is -0.311. The smallest absolute Gasteiger partial charge is 0.233 e. The molecule has 148 valence electrons. The maximum Gasteiger partial charge on any atom is 0.233 e. The highest BCUT2D eigenvalue weighted by Crippen LogP contribution is 2.50. The van der Waals surface area contributed by atoms with Crippen molar-refractivity contribution in [3.05, 3.63) is 71.9 Å². The van der Waals surface area contributed by atoms with E-state index in [0.29, 0.717) is 24.8 Å². The molecule has 3 aromatic rings. The molecule has 0 bridgehead atoms. The standard InChI is InChI=1S/C23H22FN3O2/c24-19-8-6-16(7-9-19)20-25-21(29-26-20)17-10-14-27(15-11-17)22(28)23(12-13-23)18-4-2-1-3-5-18/h1-9,17H,10-15H2. The highest BCUT2D eigenvalue weighted by atomic mass is 19.1. The minimum Gasteiger partial charge on any atom is -0.342 e. The van der Waals surface area contributed by atoms with E-state index < -0.39 is 0 Å². The molecule has 0 unspecified atom stereocenters. The maximum atomic E-state index is 13.2. The number of halogens is 1. The van der Waals surface area contributed by atoms with Gasteiger partial charge in [-0.3, -0.25) is 4.79 Å². The Morgan fingerprint density at radius 2 is 1.72 bits per heavy atom. The van der Waals surface area contributed by atoms with Gasteiger partial charge in [0.05, 0.1) is 5.41 Å². The number of carbonyl (C=O) groups excluding carboxylic acids is 1. The molecule has 1 aromatic heterocycles. The molecule has 1 saturated heterocycles. The third-order valence-electron chi connectivity index (χ3n) is 6.16. The number of piperidine rings is 1. The largest absolute Gasteiger partial charge is 0.342 e. The van der Waals surface area contributed by atoms with Gasteiger partial charge in [-0.25, -0.2) is 4.39 Å². The summed E-state index contributed by atoms with van der Waals surface area (Å²) in [5.74, 6) is 1.17. The first-order chi connectivity index (χ1) is 14.2. The second-order valence-electron chi connectivity index (χ2n) is 7.98. The number of rotatable bonds is 4. The third kappa shape index (κ3) is 3.33. The topological polar surface area (TPSA) is 59.2 Å². The fourth-order valence-corrected chi connectivity index (χ4v) is 4.26. The van der Waals surface area contributed by atoms with Gasteiger partial charge in [-0.1, -0.05) is 35.5 Å². The van der Waals surface area contributed by atoms with Crippen LogP contribution in [0.25, 0.3) is 11.4 Å². The van der Waals surface area contributed by atoms with Crippen LogP contribution in [0.1, 0.15) is 43.1 Å². The molecule has 2 aliphatic rings. The van der Waals surface area contributed by atoms with Crippen LogP contribution in [0.4, 0.5) is 4.39 Å². The molecule has 0 N–H and O–H groups in total. The Morgan fingerprint density at radius 1 is 1.03 bits per heavy atom. The van der Waals surface area contributed by atoms with Crippen LogP contribution in [-0.2, 0) is 10.2 Å². The molecule has 0 radical (unpaired) electrons. The molecule has 1 amide bonds. The van der Waals surface area contributed by atoms with Gasteiger partial charge in [-0.2, -0.15) is 4.98 Å². The summed E-state index contributed by atoms with van der Waals surface area (Å²) in [6.07, 6.45) is 3.48. The van der Waals surface area contributed by atoms with Crippen LogP contribution in [0, 0.1) is 5.82 Å². The fourth-order valence-electron chi connectivity index (χ4n) is 4.26. The van der Waals surface area contributed by atoms with Crippen LogP contribution >= 0.6 is 0 Å². The number of hydrogen-bond donors (Lipinski definition) is 0. The molecule has 5 nitrogen and oxygen atoms in total. The molecular weight excluding hydrogens is 369 g/mol. The van der Waals surface area contributed by atoms with Gasteiger partial charge in [-0.15, -0.1) is 0 Å². The predicted molar refractivity (Wildman–Crippen MR) is 106 cm³/mol. The summed E-state index contributed by atoms with van der Waals surface area (Å²) in [6.45, 7) is 1.40. The number of carbonyl (C=O) groups is 1. The quantitative estimate of drug-likeness (QED) is 0.665. The maximum absolute atomic E-state index is 13.2. The number of likely N-dealkylation sites (tertiary alicyclic amines) is 1. The highest BCUT2D eigenvalue weighted by Gasteiger charge is 2.53. The molecule has 6 heteroatoms. The number of amides is 1. The number of aromatic nitrogens is 2. The van der Waals surface area contributed by atoms with Gasteiger partial charge in [0.1, 0.15) is 5.82 Å². The van der Waals surface area contributed by atoms with Crippen molar-refractivity contribution in [1.29, 1.82) is 0 Å². The van der Waals surface area contributed by atoms with Crippen LogP contribution in [0.3, 0.4) is 0 Å². The van der Waals surface area contributed by atoms with Crippen LogP contribution in [0.2, 0.25) is 0 Å². The van der Waals surface area contributed by atoms with Crippen LogP contribution in [-0.4, -0.2) is 34.0 Å². The molecule has 2 aromatic carbocycles. The Kier molecular flexibility index (Phi) is 4.42. The second kappa shape index (κ2) is 7.10. The van der Waals surface area contributed by atoms with E-state index in [1.165, 1.54) is 12.1 Å². The van der Waals surface area contributed by atoms with Gasteiger partial charge in [0.25, 0.3) is 0 Å². The van der Waals surface area contributed by atoms with E-state index >= 15 is 0 Å². The van der Waals surface area contributed by atoms with Crippen molar-refractivity contribution in [3.8, 4) is 11.4 Å². The van der Waals surface area contributed by atoms with Gasteiger partial charge in [0.15, 0.2) is 0 Å². The van der Waals surface area contributed by atoms with E-state index in [1.807, 2.05) is 23.1 Å². The van der Waals surface area contributed by atoms with Crippen molar-refractivity contribution in [2.45, 2.75) is 37.0 Å². The summed E-state index contributed by atoms with van der Waals surface area (Å²) in [4.78, 5) is 19.7. The summed E-state index contributed by atoms with van der Waals surface area (Å²) >= 11 is 0. The fraction of sp³-hybridized carbons (Fsp3) is 0.348. The monoisotopic (exact) mass is 391 g/mol. The Bertz CT molecular complexity index is 1000. The zero-order valence-corrected chi connectivity index (χ0v) is 16.1. The summed E-state index contributed by atoms with van der Waals surface area (Å²) in [5.41, 5.74) is 1.55. The third-order valence-corrected chi connectivity index (χ3v) is 6.16. The highest BCUT2D eigenvalue weighted by molar-refractivity contribution is 5.91. The summed E-state index contributed by atoms with van der Waals surface area (Å²) in [5, 5.41) is 4.05. The van der Waals surface area contributed by atoms with E-state index in [1.54, 1.807) is 12.1 Å². The van der Waals surface area contributed by atoms with Crippen molar-refractivity contribution >= 4 is 5.91 Å². The normalized spacial score (nSPS) is 18.6.